The molecule has 86 valence electrons. The van der Waals surface area contributed by atoms with E-state index in [1.807, 2.05) is 22.6 Å². The molecule has 0 spiro atoms. The quantitative estimate of drug-likeness (QED) is 0.757. The van der Waals surface area contributed by atoms with Gasteiger partial charge in [0.25, 0.3) is 0 Å². The molecule has 1 atom stereocenters. The molecule has 4 heteroatoms. The first-order valence-electron chi connectivity index (χ1n) is 5.41. The van der Waals surface area contributed by atoms with Gasteiger partial charge < -0.3 is 5.32 Å². The van der Waals surface area contributed by atoms with Crippen LogP contribution in [0.5, 0.6) is 0 Å². The number of aromatic nitrogens is 2. The summed E-state index contributed by atoms with van der Waals surface area (Å²) in [4.78, 5) is 0. The van der Waals surface area contributed by atoms with Crippen LogP contribution in [0.15, 0.2) is 12.4 Å². The van der Waals surface area contributed by atoms with Crippen LogP contribution >= 0.6 is 11.8 Å². The Morgan fingerprint density at radius 3 is 2.73 bits per heavy atom. The van der Waals surface area contributed by atoms with Gasteiger partial charge in [0, 0.05) is 36.1 Å². The van der Waals surface area contributed by atoms with E-state index in [2.05, 4.69) is 43.6 Å². The van der Waals surface area contributed by atoms with Crippen LogP contribution in [0.2, 0.25) is 0 Å². The third-order valence-corrected chi connectivity index (χ3v) is 3.02. The van der Waals surface area contributed by atoms with Gasteiger partial charge in [-0.3, -0.25) is 4.68 Å². The van der Waals surface area contributed by atoms with Gasteiger partial charge in [-0.15, -0.1) is 0 Å². The molecule has 0 saturated heterocycles. The summed E-state index contributed by atoms with van der Waals surface area (Å²) < 4.78 is 2.00. The van der Waals surface area contributed by atoms with Gasteiger partial charge in [-0.2, -0.15) is 16.9 Å². The molecule has 0 aliphatic carbocycles. The SMILES string of the molecule is CSCCNC(C)c1cnn(C(C)C)c1. The predicted molar refractivity (Wildman–Crippen MR) is 67.4 cm³/mol. The number of thioether (sulfide) groups is 1. The molecule has 3 nitrogen and oxygen atoms in total. The second-order valence-corrected chi connectivity index (χ2v) is 5.00. The summed E-state index contributed by atoms with van der Waals surface area (Å²) in [7, 11) is 0. The molecule has 0 aromatic carbocycles. The topological polar surface area (TPSA) is 29.9 Å². The molecule has 0 aliphatic heterocycles. The first-order chi connectivity index (χ1) is 7.15. The van der Waals surface area contributed by atoms with Gasteiger partial charge in [0.05, 0.1) is 6.20 Å². The van der Waals surface area contributed by atoms with Crippen molar-refractivity contribution in [3.05, 3.63) is 18.0 Å². The van der Waals surface area contributed by atoms with Crippen molar-refractivity contribution in [3.63, 3.8) is 0 Å². The molecule has 0 saturated carbocycles. The summed E-state index contributed by atoms with van der Waals surface area (Å²) in [6.07, 6.45) is 6.21. The molecular weight excluding hydrogens is 206 g/mol. The van der Waals surface area contributed by atoms with Gasteiger partial charge in [-0.05, 0) is 27.0 Å². The van der Waals surface area contributed by atoms with Crippen molar-refractivity contribution in [1.29, 1.82) is 0 Å². The molecule has 0 fully saturated rings. The van der Waals surface area contributed by atoms with Crippen molar-refractivity contribution in [3.8, 4) is 0 Å². The summed E-state index contributed by atoms with van der Waals surface area (Å²) in [5, 5.41) is 7.81. The Labute approximate surface area is 96.6 Å². The minimum absolute atomic E-state index is 0.393. The minimum Gasteiger partial charge on any atom is -0.309 e. The van der Waals surface area contributed by atoms with E-state index in [9.17, 15) is 0 Å². The van der Waals surface area contributed by atoms with E-state index in [1.54, 1.807) is 0 Å². The van der Waals surface area contributed by atoms with E-state index in [4.69, 9.17) is 0 Å². The second kappa shape index (κ2) is 6.18. The third-order valence-electron chi connectivity index (χ3n) is 2.41. The minimum atomic E-state index is 0.393. The number of nitrogens with one attached hydrogen (secondary N) is 1. The van der Waals surface area contributed by atoms with Gasteiger partial charge in [-0.1, -0.05) is 0 Å². The molecule has 1 rings (SSSR count). The van der Waals surface area contributed by atoms with Crippen LogP contribution in [0.3, 0.4) is 0 Å². The molecule has 0 aliphatic rings. The van der Waals surface area contributed by atoms with Crippen LogP contribution in [0, 0.1) is 0 Å². The Morgan fingerprint density at radius 2 is 2.20 bits per heavy atom. The first-order valence-corrected chi connectivity index (χ1v) is 6.81. The number of hydrogen-bond donors (Lipinski definition) is 1. The van der Waals surface area contributed by atoms with Crippen molar-refractivity contribution >= 4 is 11.8 Å². The van der Waals surface area contributed by atoms with Crippen molar-refractivity contribution < 1.29 is 0 Å². The van der Waals surface area contributed by atoms with E-state index < -0.39 is 0 Å². The highest BCUT2D eigenvalue weighted by molar-refractivity contribution is 7.98. The van der Waals surface area contributed by atoms with E-state index >= 15 is 0 Å². The predicted octanol–water partition coefficient (Wildman–Crippen LogP) is 2.48. The van der Waals surface area contributed by atoms with E-state index in [0.29, 0.717) is 12.1 Å². The Balaban J connectivity index is 2.47. The normalized spacial score (nSPS) is 13.4. The Hall–Kier alpha value is -0.480. The lowest BCUT2D eigenvalue weighted by molar-refractivity contribution is 0.530. The number of nitrogens with zero attached hydrogens (tertiary/aromatic N) is 2. The molecule has 1 N–H and O–H groups in total. The fourth-order valence-corrected chi connectivity index (χ4v) is 1.68. The van der Waals surface area contributed by atoms with Crippen molar-refractivity contribution in [2.75, 3.05) is 18.6 Å². The van der Waals surface area contributed by atoms with Crippen molar-refractivity contribution in [1.82, 2.24) is 15.1 Å². The Kier molecular flexibility index (Phi) is 5.19. The highest BCUT2D eigenvalue weighted by Crippen LogP contribution is 2.13. The van der Waals surface area contributed by atoms with Gasteiger partial charge in [-0.25, -0.2) is 0 Å². The zero-order valence-corrected chi connectivity index (χ0v) is 10.8. The smallest absolute Gasteiger partial charge is 0.0537 e. The summed E-state index contributed by atoms with van der Waals surface area (Å²) in [6.45, 7) is 7.52. The average molecular weight is 227 g/mol. The van der Waals surface area contributed by atoms with Gasteiger partial charge >= 0.3 is 0 Å². The number of rotatable bonds is 6. The van der Waals surface area contributed by atoms with Gasteiger partial charge in [0.2, 0.25) is 0 Å². The molecule has 0 radical (unpaired) electrons. The lowest BCUT2D eigenvalue weighted by Gasteiger charge is -2.11. The highest BCUT2D eigenvalue weighted by Gasteiger charge is 2.08. The average Bonchev–Trinajstić information content (AvgIpc) is 2.66. The molecule has 0 bridgehead atoms. The first kappa shape index (κ1) is 12.6. The molecule has 1 heterocycles. The van der Waals surface area contributed by atoms with Gasteiger partial charge in [0.1, 0.15) is 0 Å². The van der Waals surface area contributed by atoms with Crippen LogP contribution in [-0.4, -0.2) is 28.3 Å². The zero-order valence-electron chi connectivity index (χ0n) is 10.0. The van der Waals surface area contributed by atoms with Crippen molar-refractivity contribution in [2.45, 2.75) is 32.9 Å². The standard InChI is InChI=1S/C11H21N3S/c1-9(2)14-8-11(7-13-14)10(3)12-5-6-15-4/h7-10,12H,5-6H2,1-4H3. The van der Waals surface area contributed by atoms with Crippen LogP contribution in [0.4, 0.5) is 0 Å². The fourth-order valence-electron chi connectivity index (χ4n) is 1.35. The largest absolute Gasteiger partial charge is 0.309 e. The lowest BCUT2D eigenvalue weighted by Crippen LogP contribution is -2.20. The van der Waals surface area contributed by atoms with Crippen LogP contribution < -0.4 is 5.32 Å². The van der Waals surface area contributed by atoms with Crippen LogP contribution in [0.25, 0.3) is 0 Å². The maximum Gasteiger partial charge on any atom is 0.0537 e. The van der Waals surface area contributed by atoms with Gasteiger partial charge in [0.15, 0.2) is 0 Å². The molecule has 0 amide bonds. The third kappa shape index (κ3) is 3.87. The van der Waals surface area contributed by atoms with Crippen LogP contribution in [0.1, 0.15) is 38.4 Å². The Morgan fingerprint density at radius 1 is 1.47 bits per heavy atom. The van der Waals surface area contributed by atoms with E-state index in [1.165, 1.54) is 5.56 Å². The van der Waals surface area contributed by atoms with Crippen LogP contribution in [-0.2, 0) is 0 Å². The van der Waals surface area contributed by atoms with E-state index in [0.717, 1.165) is 12.3 Å². The van der Waals surface area contributed by atoms with Crippen molar-refractivity contribution in [2.24, 2.45) is 0 Å². The Bertz CT molecular complexity index is 283. The summed E-state index contributed by atoms with van der Waals surface area (Å²) in [5.41, 5.74) is 1.27. The zero-order chi connectivity index (χ0) is 11.3. The molecule has 1 unspecified atom stereocenters. The summed E-state index contributed by atoms with van der Waals surface area (Å²) in [6, 6.07) is 0.835. The molecule has 1 aromatic heterocycles. The second-order valence-electron chi connectivity index (χ2n) is 4.02. The lowest BCUT2D eigenvalue weighted by atomic mass is 10.2. The highest BCUT2D eigenvalue weighted by atomic mass is 32.2. The maximum atomic E-state index is 4.34. The fraction of sp³-hybridized carbons (Fsp3) is 0.727. The van der Waals surface area contributed by atoms with E-state index in [-0.39, 0.29) is 0 Å². The monoisotopic (exact) mass is 227 g/mol. The maximum absolute atomic E-state index is 4.34. The summed E-state index contributed by atoms with van der Waals surface area (Å²) in [5.74, 6) is 1.16. The molecular formula is C11H21N3S. The number of hydrogen-bond acceptors (Lipinski definition) is 3. The molecule has 15 heavy (non-hydrogen) atoms. The molecule has 1 aromatic rings. The summed E-state index contributed by atoms with van der Waals surface area (Å²) >= 11 is 1.87.